The van der Waals surface area contributed by atoms with E-state index in [9.17, 15) is 4.79 Å². The van der Waals surface area contributed by atoms with Crippen molar-refractivity contribution >= 4 is 45.7 Å². The van der Waals surface area contributed by atoms with Crippen LogP contribution in [0.3, 0.4) is 0 Å². The first-order chi connectivity index (χ1) is 8.17. The summed E-state index contributed by atoms with van der Waals surface area (Å²) in [4.78, 5) is 12.2. The highest BCUT2D eigenvalue weighted by molar-refractivity contribution is 8.22. The summed E-state index contributed by atoms with van der Waals surface area (Å²) in [5, 5.41) is 0. The van der Waals surface area contributed by atoms with Crippen molar-refractivity contribution in [1.29, 1.82) is 0 Å². The molecule has 0 aromatic carbocycles. The Morgan fingerprint density at radius 2 is 2.06 bits per heavy atom. The van der Waals surface area contributed by atoms with Crippen molar-refractivity contribution < 1.29 is 9.53 Å². The first-order valence-electron chi connectivity index (χ1n) is 5.99. The second kappa shape index (κ2) is 7.59. The number of carbonyl (C=O) groups is 1. The number of esters is 1. The number of hydrogen-bond donors (Lipinski definition) is 0. The molecule has 0 aromatic rings. The summed E-state index contributed by atoms with van der Waals surface area (Å²) < 4.78 is 6.11. The van der Waals surface area contributed by atoms with Gasteiger partial charge in [-0.3, -0.25) is 4.79 Å². The van der Waals surface area contributed by atoms with Gasteiger partial charge in [0.1, 0.15) is 5.41 Å². The standard InChI is InChI=1S/C12H19ClO2S2/c1-17-11(16)12(6-3-2-4-7-12)10(14)15-9-5-8-13/h2-9H2,1H3. The molecule has 1 aliphatic rings. The summed E-state index contributed by atoms with van der Waals surface area (Å²) in [7, 11) is 0. The van der Waals surface area contributed by atoms with Crippen LogP contribution in [-0.2, 0) is 9.53 Å². The molecule has 0 radical (unpaired) electrons. The maximum absolute atomic E-state index is 12.2. The van der Waals surface area contributed by atoms with E-state index in [0.717, 1.165) is 29.9 Å². The molecule has 0 unspecified atom stereocenters. The number of thioether (sulfide) groups is 1. The van der Waals surface area contributed by atoms with Gasteiger partial charge < -0.3 is 4.74 Å². The summed E-state index contributed by atoms with van der Waals surface area (Å²) in [6, 6.07) is 0. The third-order valence-corrected chi connectivity index (χ3v) is 5.10. The quantitative estimate of drug-likeness (QED) is 0.333. The molecular formula is C12H19ClO2S2. The van der Waals surface area contributed by atoms with Gasteiger partial charge in [0, 0.05) is 5.88 Å². The van der Waals surface area contributed by atoms with E-state index >= 15 is 0 Å². The van der Waals surface area contributed by atoms with Crippen LogP contribution in [0.5, 0.6) is 0 Å². The summed E-state index contributed by atoms with van der Waals surface area (Å²) in [5.41, 5.74) is -0.515. The van der Waals surface area contributed by atoms with E-state index in [1.54, 1.807) is 0 Å². The van der Waals surface area contributed by atoms with Crippen molar-refractivity contribution in [3.05, 3.63) is 0 Å². The number of thiocarbonyl (C=S) groups is 1. The van der Waals surface area contributed by atoms with Crippen molar-refractivity contribution in [2.45, 2.75) is 38.5 Å². The lowest BCUT2D eigenvalue weighted by Crippen LogP contribution is -2.40. The third kappa shape index (κ3) is 3.83. The maximum atomic E-state index is 12.2. The molecule has 1 rings (SSSR count). The summed E-state index contributed by atoms with van der Waals surface area (Å²) in [6.45, 7) is 0.404. The van der Waals surface area contributed by atoms with Crippen molar-refractivity contribution in [2.75, 3.05) is 18.7 Å². The average molecular weight is 295 g/mol. The van der Waals surface area contributed by atoms with Crippen LogP contribution < -0.4 is 0 Å². The fourth-order valence-electron chi connectivity index (χ4n) is 2.20. The molecule has 0 aromatic heterocycles. The van der Waals surface area contributed by atoms with E-state index in [2.05, 4.69) is 0 Å². The zero-order valence-corrected chi connectivity index (χ0v) is 12.6. The molecule has 1 fully saturated rings. The first kappa shape index (κ1) is 15.3. The molecule has 17 heavy (non-hydrogen) atoms. The second-order valence-corrected chi connectivity index (χ2v) is 6.17. The monoisotopic (exact) mass is 294 g/mol. The predicted molar refractivity (Wildman–Crippen MR) is 77.9 cm³/mol. The third-order valence-electron chi connectivity index (χ3n) is 3.19. The van der Waals surface area contributed by atoms with Gasteiger partial charge in [0.15, 0.2) is 0 Å². The largest absolute Gasteiger partial charge is 0.465 e. The molecule has 0 amide bonds. The van der Waals surface area contributed by atoms with Crippen molar-refractivity contribution in [3.8, 4) is 0 Å². The van der Waals surface area contributed by atoms with Gasteiger partial charge in [-0.1, -0.05) is 31.5 Å². The smallest absolute Gasteiger partial charge is 0.317 e. The number of rotatable bonds is 5. The highest BCUT2D eigenvalue weighted by Gasteiger charge is 2.44. The number of halogens is 1. The minimum atomic E-state index is -0.515. The Bertz CT molecular complexity index is 276. The van der Waals surface area contributed by atoms with Gasteiger partial charge in [0.25, 0.3) is 0 Å². The Balaban J connectivity index is 2.68. The topological polar surface area (TPSA) is 26.3 Å². The van der Waals surface area contributed by atoms with Gasteiger partial charge in [-0.05, 0) is 25.5 Å². The molecule has 0 spiro atoms. The normalized spacial score (nSPS) is 18.7. The molecule has 0 atom stereocenters. The number of carbonyl (C=O) groups excluding carboxylic acids is 1. The van der Waals surface area contributed by atoms with Crippen LogP contribution in [-0.4, -0.2) is 28.9 Å². The van der Waals surface area contributed by atoms with Crippen LogP contribution in [0.15, 0.2) is 0 Å². The molecule has 0 N–H and O–H groups in total. The van der Waals surface area contributed by atoms with Crippen molar-refractivity contribution in [3.63, 3.8) is 0 Å². The molecule has 98 valence electrons. The molecule has 5 heteroatoms. The molecule has 0 aliphatic heterocycles. The number of alkyl halides is 1. The van der Waals surface area contributed by atoms with Gasteiger partial charge in [0.2, 0.25) is 0 Å². The fourth-order valence-corrected chi connectivity index (χ4v) is 3.27. The van der Waals surface area contributed by atoms with Crippen molar-refractivity contribution in [2.24, 2.45) is 5.41 Å². The Labute approximate surface area is 118 Å². The van der Waals surface area contributed by atoms with Crippen LogP contribution in [0.25, 0.3) is 0 Å². The highest BCUT2D eigenvalue weighted by atomic mass is 35.5. The molecule has 2 nitrogen and oxygen atoms in total. The summed E-state index contributed by atoms with van der Waals surface area (Å²) in [6.07, 6.45) is 7.63. The van der Waals surface area contributed by atoms with E-state index in [-0.39, 0.29) is 5.97 Å². The minimum Gasteiger partial charge on any atom is -0.465 e. The molecular weight excluding hydrogens is 276 g/mol. The van der Waals surface area contributed by atoms with E-state index in [4.69, 9.17) is 28.6 Å². The second-order valence-electron chi connectivity index (χ2n) is 4.31. The van der Waals surface area contributed by atoms with E-state index in [0.29, 0.717) is 18.9 Å². The van der Waals surface area contributed by atoms with Gasteiger partial charge in [-0.2, -0.15) is 0 Å². The SMILES string of the molecule is CSC(=S)C1(C(=O)OCCCCl)CCCCC1. The molecule has 1 saturated carbocycles. The Kier molecular flexibility index (Phi) is 6.82. The highest BCUT2D eigenvalue weighted by Crippen LogP contribution is 2.41. The average Bonchev–Trinajstić information content (AvgIpc) is 2.38. The van der Waals surface area contributed by atoms with Crippen LogP contribution in [0.2, 0.25) is 0 Å². The van der Waals surface area contributed by atoms with Crippen LogP contribution in [0.4, 0.5) is 0 Å². The minimum absolute atomic E-state index is 0.137. The molecule has 0 heterocycles. The van der Waals surface area contributed by atoms with Gasteiger partial charge >= 0.3 is 5.97 Å². The fraction of sp³-hybridized carbons (Fsp3) is 0.833. The first-order valence-corrected chi connectivity index (χ1v) is 8.16. The maximum Gasteiger partial charge on any atom is 0.317 e. The van der Waals surface area contributed by atoms with E-state index in [1.165, 1.54) is 18.2 Å². The lowest BCUT2D eigenvalue weighted by molar-refractivity contribution is -0.153. The zero-order chi connectivity index (χ0) is 12.7. The number of hydrogen-bond acceptors (Lipinski definition) is 4. The van der Waals surface area contributed by atoms with Crippen LogP contribution in [0.1, 0.15) is 38.5 Å². The Morgan fingerprint density at radius 1 is 1.41 bits per heavy atom. The van der Waals surface area contributed by atoms with E-state index in [1.807, 2.05) is 6.26 Å². The zero-order valence-electron chi connectivity index (χ0n) is 10.2. The Hall–Kier alpha value is 0.200. The van der Waals surface area contributed by atoms with Crippen molar-refractivity contribution in [1.82, 2.24) is 0 Å². The summed E-state index contributed by atoms with van der Waals surface area (Å²) in [5.74, 6) is 0.384. The molecule has 0 bridgehead atoms. The van der Waals surface area contributed by atoms with E-state index < -0.39 is 5.41 Å². The summed E-state index contributed by atoms with van der Waals surface area (Å²) >= 11 is 12.5. The van der Waals surface area contributed by atoms with Crippen LogP contribution in [0, 0.1) is 5.41 Å². The lowest BCUT2D eigenvalue weighted by atomic mass is 9.75. The Morgan fingerprint density at radius 3 is 2.59 bits per heavy atom. The predicted octanol–water partition coefficient (Wildman–Crippen LogP) is 3.80. The molecule has 0 saturated heterocycles. The number of ether oxygens (including phenoxy) is 1. The van der Waals surface area contributed by atoms with Crippen LogP contribution >= 0.6 is 35.6 Å². The van der Waals surface area contributed by atoms with Gasteiger partial charge in [0.05, 0.1) is 10.8 Å². The van der Waals surface area contributed by atoms with Gasteiger partial charge in [-0.15, -0.1) is 23.4 Å². The lowest BCUT2D eigenvalue weighted by Gasteiger charge is -2.34. The molecule has 1 aliphatic carbocycles. The van der Waals surface area contributed by atoms with Gasteiger partial charge in [-0.25, -0.2) is 0 Å².